The highest BCUT2D eigenvalue weighted by atomic mass is 16.5. The van der Waals surface area contributed by atoms with E-state index in [1.54, 1.807) is 19.4 Å². The first-order chi connectivity index (χ1) is 14.5. The molecule has 0 atom stereocenters. The van der Waals surface area contributed by atoms with Gasteiger partial charge >= 0.3 is 0 Å². The third-order valence-corrected chi connectivity index (χ3v) is 4.44. The molecular weight excluding hydrogens is 378 g/mol. The van der Waals surface area contributed by atoms with Crippen molar-refractivity contribution >= 4 is 5.96 Å². The van der Waals surface area contributed by atoms with E-state index < -0.39 is 0 Å². The molecule has 7 nitrogen and oxygen atoms in total. The maximum Gasteiger partial charge on any atom is 0.218 e. The molecule has 0 fully saturated rings. The van der Waals surface area contributed by atoms with Gasteiger partial charge in [-0.1, -0.05) is 57.2 Å². The lowest BCUT2D eigenvalue weighted by atomic mass is 9.94. The van der Waals surface area contributed by atoms with Crippen LogP contribution in [0.25, 0.3) is 0 Å². The Labute approximate surface area is 177 Å². The highest BCUT2D eigenvalue weighted by Crippen LogP contribution is 2.22. The van der Waals surface area contributed by atoms with Crippen molar-refractivity contribution in [3.63, 3.8) is 0 Å². The van der Waals surface area contributed by atoms with E-state index in [0.29, 0.717) is 37.4 Å². The third-order valence-electron chi connectivity index (χ3n) is 4.44. The quantitative estimate of drug-likeness (QED) is 0.458. The third kappa shape index (κ3) is 6.07. The number of hydrogen-bond donors (Lipinski definition) is 2. The summed E-state index contributed by atoms with van der Waals surface area (Å²) < 4.78 is 11.7. The van der Waals surface area contributed by atoms with Crippen LogP contribution in [-0.4, -0.2) is 23.0 Å². The molecule has 1 aromatic carbocycles. The largest absolute Gasteiger partial charge is 0.473 e. The van der Waals surface area contributed by atoms with Gasteiger partial charge in [0.05, 0.1) is 12.7 Å². The molecule has 2 heterocycles. The van der Waals surface area contributed by atoms with E-state index in [4.69, 9.17) is 9.15 Å². The first-order valence-electron chi connectivity index (χ1n) is 9.96. The predicted molar refractivity (Wildman–Crippen MR) is 117 cm³/mol. The number of benzene rings is 1. The minimum atomic E-state index is -0.0678. The van der Waals surface area contributed by atoms with E-state index in [9.17, 15) is 0 Å². The second kappa shape index (κ2) is 9.91. The monoisotopic (exact) mass is 407 g/mol. The van der Waals surface area contributed by atoms with Gasteiger partial charge in [0.2, 0.25) is 11.8 Å². The molecule has 0 aliphatic heterocycles. The molecule has 3 aromatic rings. The molecule has 0 aliphatic carbocycles. The second-order valence-electron chi connectivity index (χ2n) is 7.89. The lowest BCUT2D eigenvalue weighted by Crippen LogP contribution is -2.36. The van der Waals surface area contributed by atoms with E-state index in [-0.39, 0.29) is 5.41 Å². The van der Waals surface area contributed by atoms with Crippen molar-refractivity contribution in [3.05, 3.63) is 77.6 Å². The van der Waals surface area contributed by atoms with E-state index in [1.807, 2.05) is 42.5 Å². The minimum Gasteiger partial charge on any atom is -0.473 e. The molecule has 0 aliphatic rings. The van der Waals surface area contributed by atoms with E-state index in [1.165, 1.54) is 0 Å². The summed E-state index contributed by atoms with van der Waals surface area (Å²) in [5.74, 6) is 2.73. The van der Waals surface area contributed by atoms with Gasteiger partial charge in [0.15, 0.2) is 5.96 Å². The van der Waals surface area contributed by atoms with Crippen molar-refractivity contribution in [1.29, 1.82) is 0 Å². The Morgan fingerprint density at radius 1 is 1.03 bits per heavy atom. The number of aromatic nitrogens is 2. The van der Waals surface area contributed by atoms with Crippen molar-refractivity contribution < 1.29 is 9.15 Å². The molecule has 30 heavy (non-hydrogen) atoms. The molecule has 0 spiro atoms. The Morgan fingerprint density at radius 2 is 1.80 bits per heavy atom. The summed E-state index contributed by atoms with van der Waals surface area (Å²) >= 11 is 0. The smallest absolute Gasteiger partial charge is 0.218 e. The van der Waals surface area contributed by atoms with Gasteiger partial charge in [-0.2, -0.15) is 0 Å². The van der Waals surface area contributed by atoms with Crippen LogP contribution in [0.15, 0.2) is 64.3 Å². The molecular formula is C23H29N5O2. The average Bonchev–Trinajstić information content (AvgIpc) is 3.23. The summed E-state index contributed by atoms with van der Waals surface area (Å²) in [5.41, 5.74) is 1.98. The zero-order chi connectivity index (χ0) is 21.4. The number of aliphatic imine (C=N–C) groups is 1. The fourth-order valence-corrected chi connectivity index (χ4v) is 2.71. The minimum absolute atomic E-state index is 0.0678. The fraction of sp³-hybridized carbons (Fsp3) is 0.348. The number of oxazole rings is 1. The zero-order valence-electron chi connectivity index (χ0n) is 18.0. The lowest BCUT2D eigenvalue weighted by Gasteiger charge is -2.14. The van der Waals surface area contributed by atoms with Gasteiger partial charge in [-0.25, -0.2) is 9.97 Å². The van der Waals surface area contributed by atoms with Crippen molar-refractivity contribution in [2.45, 2.75) is 45.9 Å². The topological polar surface area (TPSA) is 84.6 Å². The van der Waals surface area contributed by atoms with Crippen molar-refractivity contribution in [1.82, 2.24) is 20.6 Å². The van der Waals surface area contributed by atoms with Gasteiger partial charge in [-0.3, -0.25) is 4.99 Å². The number of pyridine rings is 1. The van der Waals surface area contributed by atoms with E-state index >= 15 is 0 Å². The summed E-state index contributed by atoms with van der Waals surface area (Å²) in [5, 5.41) is 6.50. The molecule has 0 saturated carbocycles. The summed E-state index contributed by atoms with van der Waals surface area (Å²) in [6.07, 6.45) is 3.51. The Balaban J connectivity index is 1.54. The van der Waals surface area contributed by atoms with E-state index in [2.05, 4.69) is 46.4 Å². The number of guanidine groups is 1. The average molecular weight is 408 g/mol. The van der Waals surface area contributed by atoms with Crippen LogP contribution in [0.1, 0.15) is 43.5 Å². The number of nitrogens with zero attached hydrogens (tertiary/aromatic N) is 3. The first kappa shape index (κ1) is 21.4. The highest BCUT2D eigenvalue weighted by molar-refractivity contribution is 5.79. The standard InChI is InChI=1S/C23H29N5O2/c1-23(2,3)19-14-26-20(30-19)15-28-22(24-4)27-13-18-11-8-12-25-21(18)29-16-17-9-6-5-7-10-17/h5-12,14H,13,15-16H2,1-4H3,(H2,24,27,28). The van der Waals surface area contributed by atoms with Crippen LogP contribution in [0.3, 0.4) is 0 Å². The number of hydrogen-bond acceptors (Lipinski definition) is 5. The molecule has 2 aromatic heterocycles. The SMILES string of the molecule is CN=C(NCc1ncc(C(C)(C)C)o1)NCc1cccnc1OCc1ccccc1. The van der Waals surface area contributed by atoms with Crippen molar-refractivity contribution in [2.75, 3.05) is 7.05 Å². The van der Waals surface area contributed by atoms with Gasteiger partial charge in [0.1, 0.15) is 12.4 Å². The van der Waals surface area contributed by atoms with Gasteiger partial charge in [-0.15, -0.1) is 0 Å². The van der Waals surface area contributed by atoms with Crippen LogP contribution in [0.2, 0.25) is 0 Å². The highest BCUT2D eigenvalue weighted by Gasteiger charge is 2.19. The Kier molecular flexibility index (Phi) is 7.06. The normalized spacial score (nSPS) is 11.9. The molecule has 3 rings (SSSR count). The molecule has 0 bridgehead atoms. The zero-order valence-corrected chi connectivity index (χ0v) is 18.0. The van der Waals surface area contributed by atoms with Crippen molar-refractivity contribution in [2.24, 2.45) is 4.99 Å². The molecule has 0 amide bonds. The Hall–Kier alpha value is -3.35. The molecule has 0 unspecified atom stereocenters. The van der Waals surface area contributed by atoms with Crippen LogP contribution in [-0.2, 0) is 25.1 Å². The van der Waals surface area contributed by atoms with Crippen LogP contribution in [0.5, 0.6) is 5.88 Å². The van der Waals surface area contributed by atoms with Crippen LogP contribution >= 0.6 is 0 Å². The lowest BCUT2D eigenvalue weighted by molar-refractivity contribution is 0.290. The second-order valence-corrected chi connectivity index (χ2v) is 7.89. The van der Waals surface area contributed by atoms with Crippen LogP contribution in [0.4, 0.5) is 0 Å². The maximum absolute atomic E-state index is 5.92. The van der Waals surface area contributed by atoms with Crippen LogP contribution < -0.4 is 15.4 Å². The Bertz CT molecular complexity index is 961. The number of ether oxygens (including phenoxy) is 1. The number of rotatable bonds is 7. The summed E-state index contributed by atoms with van der Waals surface area (Å²) in [6.45, 7) is 7.72. The number of nitrogens with one attached hydrogen (secondary N) is 2. The Morgan fingerprint density at radius 3 is 2.50 bits per heavy atom. The van der Waals surface area contributed by atoms with Gasteiger partial charge in [0, 0.05) is 30.8 Å². The predicted octanol–water partition coefficient (Wildman–Crippen LogP) is 3.81. The van der Waals surface area contributed by atoms with Gasteiger partial charge in [-0.05, 0) is 11.6 Å². The fourth-order valence-electron chi connectivity index (χ4n) is 2.71. The molecule has 2 N–H and O–H groups in total. The maximum atomic E-state index is 5.92. The molecule has 7 heteroatoms. The molecule has 0 radical (unpaired) electrons. The van der Waals surface area contributed by atoms with Gasteiger partial charge < -0.3 is 19.8 Å². The van der Waals surface area contributed by atoms with Crippen LogP contribution in [0, 0.1) is 0 Å². The summed E-state index contributed by atoms with van der Waals surface area (Å²) in [6, 6.07) is 13.9. The first-order valence-corrected chi connectivity index (χ1v) is 9.96. The van der Waals surface area contributed by atoms with E-state index in [0.717, 1.165) is 16.9 Å². The summed E-state index contributed by atoms with van der Waals surface area (Å²) in [7, 11) is 1.72. The molecule has 158 valence electrons. The molecule has 0 saturated heterocycles. The summed E-state index contributed by atoms with van der Waals surface area (Å²) in [4.78, 5) is 13.0. The van der Waals surface area contributed by atoms with Crippen molar-refractivity contribution in [3.8, 4) is 5.88 Å². The van der Waals surface area contributed by atoms with Gasteiger partial charge in [0.25, 0.3) is 0 Å².